The van der Waals surface area contributed by atoms with Gasteiger partial charge in [-0.05, 0) is 37.9 Å². The molecule has 1 saturated heterocycles. The molecule has 1 aromatic rings. The number of benzene rings is 1. The molecule has 1 unspecified atom stereocenters. The smallest absolute Gasteiger partial charge is 0.390 e. The van der Waals surface area contributed by atoms with Crippen LogP contribution < -0.4 is 10.1 Å². The van der Waals surface area contributed by atoms with Crippen molar-refractivity contribution in [2.45, 2.75) is 25.9 Å². The molecule has 0 aromatic heterocycles. The second-order valence-corrected chi connectivity index (χ2v) is 6.23. The normalized spacial score (nSPS) is 18.6. The van der Waals surface area contributed by atoms with E-state index in [2.05, 4.69) is 5.32 Å². The summed E-state index contributed by atoms with van der Waals surface area (Å²) >= 11 is 0. The monoisotopic (exact) mass is 344 g/mol. The standard InChI is InChI=1S/C17H23F3N2O2/c1-12-3-4-15(24-2)14(9-12)16(23)21-10-13-5-7-22(11-13)8-6-17(18,19)20/h3-4,9,13H,5-8,10-11H2,1-2H3,(H,21,23). The number of hydrogen-bond donors (Lipinski definition) is 1. The van der Waals surface area contributed by atoms with Crippen molar-refractivity contribution in [3.63, 3.8) is 0 Å². The Hall–Kier alpha value is -1.76. The third kappa shape index (κ3) is 5.40. The summed E-state index contributed by atoms with van der Waals surface area (Å²) in [5.74, 6) is 0.471. The predicted molar refractivity (Wildman–Crippen MR) is 85.3 cm³/mol. The van der Waals surface area contributed by atoms with E-state index in [1.807, 2.05) is 13.0 Å². The van der Waals surface area contributed by atoms with Gasteiger partial charge in [0.15, 0.2) is 0 Å². The molecule has 1 heterocycles. The Morgan fingerprint density at radius 1 is 1.42 bits per heavy atom. The highest BCUT2D eigenvalue weighted by Gasteiger charge is 2.30. The Balaban J connectivity index is 1.82. The minimum atomic E-state index is -4.12. The first-order valence-corrected chi connectivity index (χ1v) is 8.00. The van der Waals surface area contributed by atoms with E-state index in [0.717, 1.165) is 12.0 Å². The number of hydrogen-bond acceptors (Lipinski definition) is 3. The average Bonchev–Trinajstić information content (AvgIpc) is 2.98. The Kier molecular flexibility index (Phi) is 6.10. The van der Waals surface area contributed by atoms with Gasteiger partial charge in [-0.25, -0.2) is 0 Å². The molecule has 0 saturated carbocycles. The Morgan fingerprint density at radius 2 is 2.17 bits per heavy atom. The molecule has 7 heteroatoms. The highest BCUT2D eigenvalue weighted by molar-refractivity contribution is 5.97. The molecule has 1 N–H and O–H groups in total. The van der Waals surface area contributed by atoms with Gasteiger partial charge >= 0.3 is 6.18 Å². The number of aryl methyl sites for hydroxylation is 1. The molecule has 1 atom stereocenters. The number of rotatable bonds is 6. The third-order valence-corrected chi connectivity index (χ3v) is 4.23. The molecule has 1 aromatic carbocycles. The molecule has 1 aliphatic heterocycles. The lowest BCUT2D eigenvalue weighted by molar-refractivity contribution is -0.137. The number of nitrogens with zero attached hydrogens (tertiary/aromatic N) is 1. The molecule has 24 heavy (non-hydrogen) atoms. The lowest BCUT2D eigenvalue weighted by Gasteiger charge is -2.17. The molecule has 1 aliphatic rings. The summed E-state index contributed by atoms with van der Waals surface area (Å²) in [5.41, 5.74) is 1.43. The molecule has 1 fully saturated rings. The lowest BCUT2D eigenvalue weighted by atomic mass is 10.1. The highest BCUT2D eigenvalue weighted by Crippen LogP contribution is 2.23. The van der Waals surface area contributed by atoms with Crippen LogP contribution in [-0.4, -0.2) is 50.3 Å². The van der Waals surface area contributed by atoms with Gasteiger partial charge in [-0.1, -0.05) is 11.6 Å². The van der Waals surface area contributed by atoms with E-state index in [1.54, 1.807) is 17.0 Å². The summed E-state index contributed by atoms with van der Waals surface area (Å²) < 4.78 is 42.0. The summed E-state index contributed by atoms with van der Waals surface area (Å²) in [4.78, 5) is 14.1. The number of methoxy groups -OCH3 is 1. The first-order valence-electron chi connectivity index (χ1n) is 8.00. The van der Waals surface area contributed by atoms with E-state index in [9.17, 15) is 18.0 Å². The molecule has 1 amide bonds. The first-order chi connectivity index (χ1) is 11.3. The van der Waals surface area contributed by atoms with Crippen LogP contribution in [0.25, 0.3) is 0 Å². The van der Waals surface area contributed by atoms with Crippen molar-refractivity contribution in [3.05, 3.63) is 29.3 Å². The second kappa shape index (κ2) is 7.88. The molecule has 0 bridgehead atoms. The van der Waals surface area contributed by atoms with Crippen molar-refractivity contribution in [2.24, 2.45) is 5.92 Å². The van der Waals surface area contributed by atoms with Crippen molar-refractivity contribution in [3.8, 4) is 5.75 Å². The quantitative estimate of drug-likeness (QED) is 0.863. The minimum absolute atomic E-state index is 0.0274. The maximum absolute atomic E-state index is 12.3. The van der Waals surface area contributed by atoms with Crippen LogP contribution >= 0.6 is 0 Å². The van der Waals surface area contributed by atoms with E-state index in [4.69, 9.17) is 4.74 Å². The highest BCUT2D eigenvalue weighted by atomic mass is 19.4. The van der Waals surface area contributed by atoms with E-state index in [0.29, 0.717) is 30.9 Å². The number of amides is 1. The Bertz CT molecular complexity index is 575. The number of nitrogens with one attached hydrogen (secondary N) is 1. The summed E-state index contributed by atoms with van der Waals surface area (Å²) in [6, 6.07) is 5.38. The number of carbonyl (C=O) groups is 1. The molecular formula is C17H23F3N2O2. The van der Waals surface area contributed by atoms with Crippen LogP contribution in [0.2, 0.25) is 0 Å². The fourth-order valence-corrected chi connectivity index (χ4v) is 2.90. The number of alkyl halides is 3. The maximum Gasteiger partial charge on any atom is 0.390 e. The number of carbonyl (C=O) groups excluding carboxylic acids is 1. The maximum atomic E-state index is 12.3. The summed E-state index contributed by atoms with van der Waals surface area (Å²) in [7, 11) is 1.51. The van der Waals surface area contributed by atoms with E-state index in [-0.39, 0.29) is 18.4 Å². The minimum Gasteiger partial charge on any atom is -0.496 e. The zero-order valence-corrected chi connectivity index (χ0v) is 13.9. The van der Waals surface area contributed by atoms with Crippen molar-refractivity contribution in [1.29, 1.82) is 0 Å². The summed E-state index contributed by atoms with van der Waals surface area (Å²) in [6.45, 7) is 3.61. The van der Waals surface area contributed by atoms with Crippen molar-refractivity contribution in [2.75, 3.05) is 33.3 Å². The van der Waals surface area contributed by atoms with Gasteiger partial charge in [0.25, 0.3) is 5.91 Å². The molecule has 4 nitrogen and oxygen atoms in total. The van der Waals surface area contributed by atoms with Crippen LogP contribution in [0, 0.1) is 12.8 Å². The second-order valence-electron chi connectivity index (χ2n) is 6.23. The molecule has 0 aliphatic carbocycles. The van der Waals surface area contributed by atoms with Gasteiger partial charge in [-0.15, -0.1) is 0 Å². The van der Waals surface area contributed by atoms with Crippen LogP contribution in [0.15, 0.2) is 18.2 Å². The number of halogens is 3. The van der Waals surface area contributed by atoms with Gasteiger partial charge in [0.1, 0.15) is 5.75 Å². The summed E-state index contributed by atoms with van der Waals surface area (Å²) in [5, 5.41) is 2.87. The van der Waals surface area contributed by atoms with E-state index >= 15 is 0 Å². The summed E-state index contributed by atoms with van der Waals surface area (Å²) in [6.07, 6.45) is -4.11. The largest absolute Gasteiger partial charge is 0.496 e. The molecular weight excluding hydrogens is 321 g/mol. The number of ether oxygens (including phenoxy) is 1. The zero-order valence-electron chi connectivity index (χ0n) is 13.9. The fraction of sp³-hybridized carbons (Fsp3) is 0.588. The van der Waals surface area contributed by atoms with E-state index < -0.39 is 12.6 Å². The molecule has 0 radical (unpaired) electrons. The third-order valence-electron chi connectivity index (χ3n) is 4.23. The predicted octanol–water partition coefficient (Wildman–Crippen LogP) is 3.01. The topological polar surface area (TPSA) is 41.6 Å². The van der Waals surface area contributed by atoms with E-state index in [1.165, 1.54) is 7.11 Å². The van der Waals surface area contributed by atoms with Crippen molar-refractivity contribution >= 4 is 5.91 Å². The van der Waals surface area contributed by atoms with Crippen LogP contribution in [-0.2, 0) is 0 Å². The van der Waals surface area contributed by atoms with Gasteiger partial charge in [0, 0.05) is 19.6 Å². The van der Waals surface area contributed by atoms with Gasteiger partial charge < -0.3 is 15.0 Å². The van der Waals surface area contributed by atoms with Crippen molar-refractivity contribution in [1.82, 2.24) is 10.2 Å². The van der Waals surface area contributed by atoms with Crippen LogP contribution in [0.3, 0.4) is 0 Å². The lowest BCUT2D eigenvalue weighted by Crippen LogP contribution is -2.32. The van der Waals surface area contributed by atoms with Crippen LogP contribution in [0.1, 0.15) is 28.8 Å². The molecule has 134 valence electrons. The average molecular weight is 344 g/mol. The molecule has 0 spiro atoms. The van der Waals surface area contributed by atoms with Gasteiger partial charge in [-0.3, -0.25) is 4.79 Å². The Morgan fingerprint density at radius 3 is 2.83 bits per heavy atom. The van der Waals surface area contributed by atoms with Crippen LogP contribution in [0.5, 0.6) is 5.75 Å². The zero-order chi connectivity index (χ0) is 17.7. The number of likely N-dealkylation sites (tertiary alicyclic amines) is 1. The first kappa shape index (κ1) is 18.6. The SMILES string of the molecule is COc1ccc(C)cc1C(=O)NCC1CCN(CCC(F)(F)F)C1. The van der Waals surface area contributed by atoms with Crippen molar-refractivity contribution < 1.29 is 22.7 Å². The van der Waals surface area contributed by atoms with Crippen LogP contribution in [0.4, 0.5) is 13.2 Å². The van der Waals surface area contributed by atoms with Gasteiger partial charge in [0.05, 0.1) is 19.1 Å². The Labute approximate surface area is 140 Å². The fourth-order valence-electron chi connectivity index (χ4n) is 2.90. The molecule has 2 rings (SSSR count). The van der Waals surface area contributed by atoms with Gasteiger partial charge in [0.2, 0.25) is 0 Å². The van der Waals surface area contributed by atoms with Gasteiger partial charge in [-0.2, -0.15) is 13.2 Å².